The second-order valence-corrected chi connectivity index (χ2v) is 6.62. The molecule has 1 fully saturated rings. The number of hydrogen-bond acceptors (Lipinski definition) is 3. The van der Waals surface area contributed by atoms with Crippen LogP contribution in [0, 0.1) is 19.7 Å². The van der Waals surface area contributed by atoms with Crippen LogP contribution in [-0.2, 0) is 11.2 Å². The summed E-state index contributed by atoms with van der Waals surface area (Å²) in [4.78, 5) is 32.6. The third-order valence-corrected chi connectivity index (χ3v) is 4.67. The molecule has 1 aliphatic heterocycles. The number of rotatable bonds is 3. The number of piperazine rings is 1. The van der Waals surface area contributed by atoms with E-state index in [4.69, 9.17) is 0 Å². The first-order valence-electron chi connectivity index (χ1n) is 8.69. The van der Waals surface area contributed by atoms with Crippen LogP contribution >= 0.6 is 0 Å². The molecular formula is C20H22FN3O2. The van der Waals surface area contributed by atoms with Crippen molar-refractivity contribution >= 4 is 11.8 Å². The Morgan fingerprint density at radius 3 is 2.35 bits per heavy atom. The Morgan fingerprint density at radius 1 is 1.04 bits per heavy atom. The minimum absolute atomic E-state index is 0.0316. The van der Waals surface area contributed by atoms with Crippen molar-refractivity contribution in [1.29, 1.82) is 0 Å². The van der Waals surface area contributed by atoms with E-state index in [1.165, 1.54) is 6.07 Å². The number of aryl methyl sites for hydroxylation is 2. The zero-order chi connectivity index (χ0) is 18.7. The highest BCUT2D eigenvalue weighted by Crippen LogP contribution is 2.14. The number of amides is 2. The van der Waals surface area contributed by atoms with E-state index >= 15 is 0 Å². The Bertz CT molecular complexity index is 812. The van der Waals surface area contributed by atoms with Crippen LogP contribution in [-0.4, -0.2) is 52.8 Å². The van der Waals surface area contributed by atoms with Gasteiger partial charge in [0.25, 0.3) is 5.91 Å². The number of halogens is 1. The van der Waals surface area contributed by atoms with Crippen molar-refractivity contribution in [1.82, 2.24) is 14.8 Å². The SMILES string of the molecule is Cc1ccc(CC(=O)N2CCN(C(=O)c3ccc(C)c(F)c3)CC2)cn1. The number of aromatic nitrogens is 1. The molecule has 3 rings (SSSR count). The van der Waals surface area contributed by atoms with Gasteiger partial charge in [-0.05, 0) is 43.2 Å². The Hall–Kier alpha value is -2.76. The smallest absolute Gasteiger partial charge is 0.254 e. The summed E-state index contributed by atoms with van der Waals surface area (Å²) in [5.41, 5.74) is 2.66. The highest BCUT2D eigenvalue weighted by atomic mass is 19.1. The number of carbonyl (C=O) groups is 2. The molecule has 0 N–H and O–H groups in total. The van der Waals surface area contributed by atoms with Crippen LogP contribution in [0.15, 0.2) is 36.5 Å². The van der Waals surface area contributed by atoms with Gasteiger partial charge in [0.15, 0.2) is 0 Å². The molecule has 26 heavy (non-hydrogen) atoms. The van der Waals surface area contributed by atoms with Crippen molar-refractivity contribution in [3.8, 4) is 0 Å². The summed E-state index contributed by atoms with van der Waals surface area (Å²) in [7, 11) is 0. The van der Waals surface area contributed by atoms with Gasteiger partial charge in [0, 0.05) is 43.6 Å². The fourth-order valence-electron chi connectivity index (χ4n) is 2.96. The van der Waals surface area contributed by atoms with E-state index in [0.29, 0.717) is 43.7 Å². The normalized spacial score (nSPS) is 14.4. The quantitative estimate of drug-likeness (QED) is 0.849. The number of pyridine rings is 1. The van der Waals surface area contributed by atoms with E-state index in [-0.39, 0.29) is 17.6 Å². The van der Waals surface area contributed by atoms with Crippen molar-refractivity contribution in [2.75, 3.05) is 26.2 Å². The van der Waals surface area contributed by atoms with Crippen LogP contribution in [0.3, 0.4) is 0 Å². The summed E-state index contributed by atoms with van der Waals surface area (Å²) >= 11 is 0. The van der Waals surface area contributed by atoms with Gasteiger partial charge in [0.05, 0.1) is 6.42 Å². The molecule has 0 unspecified atom stereocenters. The summed E-state index contributed by atoms with van der Waals surface area (Å²) in [5.74, 6) is -0.542. The average Bonchev–Trinajstić information content (AvgIpc) is 2.65. The molecule has 5 nitrogen and oxygen atoms in total. The minimum Gasteiger partial charge on any atom is -0.339 e. The van der Waals surface area contributed by atoms with Crippen LogP contribution in [0.1, 0.15) is 27.2 Å². The van der Waals surface area contributed by atoms with Crippen LogP contribution < -0.4 is 0 Å². The lowest BCUT2D eigenvalue weighted by Gasteiger charge is -2.35. The molecule has 2 amide bonds. The molecule has 1 aromatic carbocycles. The number of nitrogens with zero attached hydrogens (tertiary/aromatic N) is 3. The first-order chi connectivity index (χ1) is 12.4. The average molecular weight is 355 g/mol. The Balaban J connectivity index is 1.56. The van der Waals surface area contributed by atoms with Crippen molar-refractivity contribution in [2.45, 2.75) is 20.3 Å². The topological polar surface area (TPSA) is 53.5 Å². The summed E-state index contributed by atoms with van der Waals surface area (Å²) in [6.45, 7) is 5.44. The zero-order valence-electron chi connectivity index (χ0n) is 15.0. The van der Waals surface area contributed by atoms with E-state index in [1.54, 1.807) is 35.1 Å². The van der Waals surface area contributed by atoms with Crippen molar-refractivity contribution < 1.29 is 14.0 Å². The van der Waals surface area contributed by atoms with E-state index in [1.807, 2.05) is 19.1 Å². The molecule has 0 radical (unpaired) electrons. The van der Waals surface area contributed by atoms with E-state index in [9.17, 15) is 14.0 Å². The maximum absolute atomic E-state index is 13.7. The van der Waals surface area contributed by atoms with Crippen molar-refractivity contribution in [2.24, 2.45) is 0 Å². The van der Waals surface area contributed by atoms with Crippen molar-refractivity contribution in [3.63, 3.8) is 0 Å². The molecule has 1 saturated heterocycles. The van der Waals surface area contributed by atoms with Gasteiger partial charge < -0.3 is 9.80 Å². The molecule has 0 spiro atoms. The van der Waals surface area contributed by atoms with Gasteiger partial charge in [-0.15, -0.1) is 0 Å². The minimum atomic E-state index is -0.378. The van der Waals surface area contributed by atoms with E-state index < -0.39 is 0 Å². The lowest BCUT2D eigenvalue weighted by atomic mass is 10.1. The van der Waals surface area contributed by atoms with E-state index in [2.05, 4.69) is 4.98 Å². The first-order valence-corrected chi connectivity index (χ1v) is 8.69. The predicted octanol–water partition coefficient (Wildman–Crippen LogP) is 2.36. The second-order valence-electron chi connectivity index (χ2n) is 6.62. The van der Waals surface area contributed by atoms with Gasteiger partial charge in [0.2, 0.25) is 5.91 Å². The summed E-state index contributed by atoms with van der Waals surface area (Å²) in [6, 6.07) is 8.33. The first kappa shape index (κ1) is 18.0. The van der Waals surface area contributed by atoms with Gasteiger partial charge in [-0.3, -0.25) is 14.6 Å². The maximum Gasteiger partial charge on any atom is 0.254 e. The van der Waals surface area contributed by atoms with Gasteiger partial charge in [-0.2, -0.15) is 0 Å². The molecule has 136 valence electrons. The van der Waals surface area contributed by atoms with Gasteiger partial charge in [-0.25, -0.2) is 4.39 Å². The fourth-order valence-corrected chi connectivity index (χ4v) is 2.96. The lowest BCUT2D eigenvalue weighted by Crippen LogP contribution is -2.51. The Labute approximate surface area is 152 Å². The monoisotopic (exact) mass is 355 g/mol. The van der Waals surface area contributed by atoms with Crippen LogP contribution in [0.2, 0.25) is 0 Å². The highest BCUT2D eigenvalue weighted by Gasteiger charge is 2.25. The summed E-state index contributed by atoms with van der Waals surface area (Å²) in [6.07, 6.45) is 2.03. The molecule has 0 saturated carbocycles. The van der Waals surface area contributed by atoms with Gasteiger partial charge in [0.1, 0.15) is 5.82 Å². The second kappa shape index (κ2) is 7.64. The van der Waals surface area contributed by atoms with Crippen molar-refractivity contribution in [3.05, 3.63) is 64.7 Å². The number of hydrogen-bond donors (Lipinski definition) is 0. The molecule has 6 heteroatoms. The molecule has 2 heterocycles. The molecule has 0 atom stereocenters. The van der Waals surface area contributed by atoms with Crippen LogP contribution in [0.4, 0.5) is 4.39 Å². The predicted molar refractivity (Wildman–Crippen MR) is 96.3 cm³/mol. The van der Waals surface area contributed by atoms with Crippen LogP contribution in [0.25, 0.3) is 0 Å². The number of carbonyl (C=O) groups excluding carboxylic acids is 2. The molecule has 0 bridgehead atoms. The lowest BCUT2D eigenvalue weighted by molar-refractivity contribution is -0.131. The molecule has 2 aromatic rings. The zero-order valence-corrected chi connectivity index (χ0v) is 15.0. The van der Waals surface area contributed by atoms with Gasteiger partial charge >= 0.3 is 0 Å². The Morgan fingerprint density at radius 2 is 1.73 bits per heavy atom. The third kappa shape index (κ3) is 4.07. The summed E-state index contributed by atoms with van der Waals surface area (Å²) < 4.78 is 13.7. The molecular weight excluding hydrogens is 333 g/mol. The van der Waals surface area contributed by atoms with Crippen LogP contribution in [0.5, 0.6) is 0 Å². The number of benzene rings is 1. The standard InChI is InChI=1S/C20H22FN3O2/c1-14-3-6-17(12-18(14)21)20(26)24-9-7-23(8-10-24)19(25)11-16-5-4-15(2)22-13-16/h3-6,12-13H,7-11H2,1-2H3. The third-order valence-electron chi connectivity index (χ3n) is 4.67. The molecule has 0 aliphatic carbocycles. The highest BCUT2D eigenvalue weighted by molar-refractivity contribution is 5.94. The maximum atomic E-state index is 13.7. The Kier molecular flexibility index (Phi) is 5.30. The summed E-state index contributed by atoms with van der Waals surface area (Å²) in [5, 5.41) is 0. The largest absolute Gasteiger partial charge is 0.339 e. The van der Waals surface area contributed by atoms with Gasteiger partial charge in [-0.1, -0.05) is 12.1 Å². The molecule has 1 aromatic heterocycles. The van der Waals surface area contributed by atoms with E-state index in [0.717, 1.165) is 11.3 Å². The fraction of sp³-hybridized carbons (Fsp3) is 0.350. The molecule has 1 aliphatic rings.